The first-order valence-electron chi connectivity index (χ1n) is 4.84. The number of rotatable bonds is 1. The van der Waals surface area contributed by atoms with E-state index in [1.54, 1.807) is 11.3 Å². The maximum atomic E-state index is 5.86. The molecule has 0 atom stereocenters. The summed E-state index contributed by atoms with van der Waals surface area (Å²) < 4.78 is 0.405. The summed E-state index contributed by atoms with van der Waals surface area (Å²) in [6.45, 7) is 0. The van der Waals surface area contributed by atoms with Crippen LogP contribution >= 0.6 is 35.2 Å². The summed E-state index contributed by atoms with van der Waals surface area (Å²) in [7, 11) is 0. The topological polar surface area (TPSA) is 41.6 Å². The first-order chi connectivity index (χ1) is 8.22. The average molecular weight is 280 g/mol. The molecule has 84 valence electrons. The minimum Gasteiger partial charge on any atom is -0.251 e. The van der Waals surface area contributed by atoms with Gasteiger partial charge in [0, 0.05) is 9.90 Å². The summed E-state index contributed by atoms with van der Waals surface area (Å²) in [5.74, 6) is 0. The van der Waals surface area contributed by atoms with Gasteiger partial charge < -0.3 is 0 Å². The molecule has 0 saturated heterocycles. The fourth-order valence-electron chi connectivity index (χ4n) is 1.51. The van der Waals surface area contributed by atoms with Gasteiger partial charge in [-0.05, 0) is 36.0 Å². The van der Waals surface area contributed by atoms with E-state index >= 15 is 0 Å². The monoisotopic (exact) mass is 279 g/mol. The Morgan fingerprint density at radius 2 is 2.00 bits per heavy atom. The molecule has 0 bridgehead atoms. The standard InChI is InChI=1S/C11H6ClN3S2/c12-7-3-1-6(2-4-7)9-5-8-10(17-9)13-11(16)15-14-8/h1-5H,(H,13,15,16). The van der Waals surface area contributed by atoms with E-state index in [1.807, 2.05) is 30.3 Å². The summed E-state index contributed by atoms with van der Waals surface area (Å²) in [4.78, 5) is 6.18. The maximum absolute atomic E-state index is 5.86. The van der Waals surface area contributed by atoms with Crippen molar-refractivity contribution in [2.45, 2.75) is 0 Å². The smallest absolute Gasteiger partial charge is 0.214 e. The fraction of sp³-hybridized carbons (Fsp3) is 0. The van der Waals surface area contributed by atoms with E-state index in [4.69, 9.17) is 23.8 Å². The van der Waals surface area contributed by atoms with Crippen molar-refractivity contribution in [1.29, 1.82) is 0 Å². The van der Waals surface area contributed by atoms with Crippen LogP contribution in [0.15, 0.2) is 30.3 Å². The molecule has 0 aliphatic carbocycles. The molecule has 1 N–H and O–H groups in total. The van der Waals surface area contributed by atoms with Crippen LogP contribution in [-0.4, -0.2) is 15.2 Å². The van der Waals surface area contributed by atoms with Crippen molar-refractivity contribution in [3.05, 3.63) is 40.1 Å². The van der Waals surface area contributed by atoms with Crippen LogP contribution in [-0.2, 0) is 0 Å². The van der Waals surface area contributed by atoms with Crippen LogP contribution < -0.4 is 0 Å². The Balaban J connectivity index is 2.17. The Morgan fingerprint density at radius 3 is 2.76 bits per heavy atom. The largest absolute Gasteiger partial charge is 0.251 e. The van der Waals surface area contributed by atoms with Crippen LogP contribution in [0.3, 0.4) is 0 Å². The molecule has 0 radical (unpaired) electrons. The molecular weight excluding hydrogens is 274 g/mol. The lowest BCUT2D eigenvalue weighted by atomic mass is 10.2. The van der Waals surface area contributed by atoms with E-state index in [0.717, 1.165) is 25.8 Å². The Bertz CT molecular complexity index is 730. The lowest BCUT2D eigenvalue weighted by Gasteiger charge is -1.95. The van der Waals surface area contributed by atoms with Gasteiger partial charge >= 0.3 is 0 Å². The highest BCUT2D eigenvalue weighted by Gasteiger charge is 2.06. The number of thiophene rings is 1. The van der Waals surface area contributed by atoms with E-state index in [1.165, 1.54) is 0 Å². The number of aromatic nitrogens is 3. The predicted octanol–water partition coefficient (Wildman–Crippen LogP) is 4.07. The maximum Gasteiger partial charge on any atom is 0.214 e. The molecule has 3 nitrogen and oxygen atoms in total. The van der Waals surface area contributed by atoms with Crippen molar-refractivity contribution in [1.82, 2.24) is 15.2 Å². The molecule has 3 aromatic rings. The van der Waals surface area contributed by atoms with Crippen molar-refractivity contribution in [2.24, 2.45) is 0 Å². The number of hydrogen-bond acceptors (Lipinski definition) is 4. The van der Waals surface area contributed by atoms with Crippen molar-refractivity contribution >= 4 is 45.5 Å². The molecular formula is C11H6ClN3S2. The summed E-state index contributed by atoms with van der Waals surface area (Å²) >= 11 is 12.4. The van der Waals surface area contributed by atoms with Gasteiger partial charge in [-0.2, -0.15) is 5.10 Å². The minimum absolute atomic E-state index is 0.405. The normalized spacial score (nSPS) is 10.9. The number of H-pyrrole nitrogens is 1. The third kappa shape index (κ3) is 2.09. The van der Waals surface area contributed by atoms with Gasteiger partial charge in [0.1, 0.15) is 10.3 Å². The molecule has 0 aliphatic heterocycles. The van der Waals surface area contributed by atoms with Crippen LogP contribution in [0.25, 0.3) is 20.8 Å². The van der Waals surface area contributed by atoms with Crippen LogP contribution in [0.4, 0.5) is 0 Å². The van der Waals surface area contributed by atoms with Gasteiger partial charge in [-0.3, -0.25) is 5.10 Å². The second-order valence-corrected chi connectivity index (χ2v) is 5.30. The predicted molar refractivity (Wildman–Crippen MR) is 73.0 cm³/mol. The molecule has 2 aromatic heterocycles. The minimum atomic E-state index is 0.405. The number of aromatic amines is 1. The Morgan fingerprint density at radius 1 is 1.24 bits per heavy atom. The number of hydrogen-bond donors (Lipinski definition) is 1. The molecule has 3 rings (SSSR count). The molecule has 17 heavy (non-hydrogen) atoms. The van der Waals surface area contributed by atoms with Gasteiger partial charge in [0.15, 0.2) is 0 Å². The van der Waals surface area contributed by atoms with Crippen LogP contribution in [0.2, 0.25) is 5.02 Å². The first-order valence-corrected chi connectivity index (χ1v) is 6.45. The van der Waals surface area contributed by atoms with Crippen molar-refractivity contribution < 1.29 is 0 Å². The Hall–Kier alpha value is -1.30. The van der Waals surface area contributed by atoms with Crippen molar-refractivity contribution in [2.75, 3.05) is 0 Å². The second-order valence-electron chi connectivity index (χ2n) is 3.45. The molecule has 0 fully saturated rings. The number of fused-ring (bicyclic) bond motifs is 1. The van der Waals surface area contributed by atoms with Crippen LogP contribution in [0.5, 0.6) is 0 Å². The molecule has 0 aliphatic rings. The quantitative estimate of drug-likeness (QED) is 0.683. The highest BCUT2D eigenvalue weighted by Crippen LogP contribution is 2.31. The molecule has 6 heteroatoms. The zero-order valence-corrected chi connectivity index (χ0v) is 10.9. The Labute approximate surface area is 111 Å². The SMILES string of the molecule is S=c1nc2sc(-c3ccc(Cl)cc3)cc2n[nH]1. The van der Waals surface area contributed by atoms with E-state index in [9.17, 15) is 0 Å². The lowest BCUT2D eigenvalue weighted by molar-refractivity contribution is 1.01. The van der Waals surface area contributed by atoms with Crippen molar-refractivity contribution in [3.8, 4) is 10.4 Å². The molecule has 0 unspecified atom stereocenters. The lowest BCUT2D eigenvalue weighted by Crippen LogP contribution is -1.83. The fourth-order valence-corrected chi connectivity index (χ4v) is 2.81. The average Bonchev–Trinajstić information content (AvgIpc) is 2.72. The summed E-state index contributed by atoms with van der Waals surface area (Å²) in [5, 5.41) is 7.55. The molecule has 1 aromatic carbocycles. The van der Waals surface area contributed by atoms with Gasteiger partial charge in [0.25, 0.3) is 0 Å². The summed E-state index contributed by atoms with van der Waals surface area (Å²) in [6, 6.07) is 9.68. The third-order valence-corrected chi connectivity index (χ3v) is 3.80. The first kappa shape index (κ1) is 10.8. The third-order valence-electron chi connectivity index (χ3n) is 2.30. The zero-order valence-electron chi connectivity index (χ0n) is 8.48. The van der Waals surface area contributed by atoms with E-state index in [-0.39, 0.29) is 0 Å². The highest BCUT2D eigenvalue weighted by atomic mass is 35.5. The zero-order chi connectivity index (χ0) is 11.8. The van der Waals surface area contributed by atoms with Gasteiger partial charge in [0.05, 0.1) is 0 Å². The molecule has 0 amide bonds. The number of nitrogens with zero attached hydrogens (tertiary/aromatic N) is 2. The highest BCUT2D eigenvalue weighted by molar-refractivity contribution is 7.71. The van der Waals surface area contributed by atoms with E-state index in [2.05, 4.69) is 15.2 Å². The summed E-state index contributed by atoms with van der Waals surface area (Å²) in [6.07, 6.45) is 0. The van der Waals surface area contributed by atoms with Gasteiger partial charge in [0.2, 0.25) is 4.77 Å². The number of nitrogens with one attached hydrogen (secondary N) is 1. The van der Waals surface area contributed by atoms with Gasteiger partial charge in [-0.25, -0.2) is 4.98 Å². The van der Waals surface area contributed by atoms with E-state index < -0.39 is 0 Å². The van der Waals surface area contributed by atoms with Crippen LogP contribution in [0, 0.1) is 4.77 Å². The molecule has 0 spiro atoms. The Kier molecular flexibility index (Phi) is 2.66. The van der Waals surface area contributed by atoms with Gasteiger partial charge in [-0.1, -0.05) is 23.7 Å². The van der Waals surface area contributed by atoms with Gasteiger partial charge in [-0.15, -0.1) is 11.3 Å². The summed E-state index contributed by atoms with van der Waals surface area (Å²) in [5.41, 5.74) is 1.93. The number of halogens is 1. The molecule has 0 saturated carbocycles. The second kappa shape index (κ2) is 4.18. The number of benzene rings is 1. The van der Waals surface area contributed by atoms with Crippen LogP contribution in [0.1, 0.15) is 0 Å². The van der Waals surface area contributed by atoms with E-state index in [0.29, 0.717) is 4.77 Å². The van der Waals surface area contributed by atoms with Crippen molar-refractivity contribution in [3.63, 3.8) is 0 Å². The molecule has 2 heterocycles.